The van der Waals surface area contributed by atoms with Crippen molar-refractivity contribution in [3.05, 3.63) is 66.9 Å². The molecule has 1 amide bonds. The predicted octanol–water partition coefficient (Wildman–Crippen LogP) is 4.77. The first-order valence-electron chi connectivity index (χ1n) is 8.07. The molecule has 24 heavy (non-hydrogen) atoms. The van der Waals surface area contributed by atoms with Gasteiger partial charge in [0.05, 0.1) is 10.8 Å². The quantitative estimate of drug-likeness (QED) is 0.629. The minimum atomic E-state index is -0.170. The standard InChI is InChI=1S/C20H20N2OS/c1-3-22(16-9-5-4-6-10-16)20(23)15(2)24-19-13-14-21-18-12-8-7-11-17(18)19/h4-15H,3H2,1-2H3. The maximum absolute atomic E-state index is 12.9. The number of nitrogens with zero attached hydrogens (tertiary/aromatic N) is 2. The zero-order chi connectivity index (χ0) is 16.9. The number of aromatic nitrogens is 1. The van der Waals surface area contributed by atoms with Gasteiger partial charge in [0.1, 0.15) is 0 Å². The van der Waals surface area contributed by atoms with E-state index in [1.807, 2.05) is 73.3 Å². The molecular formula is C20H20N2OS. The molecule has 0 bridgehead atoms. The maximum atomic E-state index is 12.9. The van der Waals surface area contributed by atoms with Gasteiger partial charge in [0.15, 0.2) is 0 Å². The predicted molar refractivity (Wildman–Crippen MR) is 102 cm³/mol. The van der Waals surface area contributed by atoms with Crippen molar-refractivity contribution in [2.45, 2.75) is 24.0 Å². The van der Waals surface area contributed by atoms with Crippen LogP contribution in [-0.4, -0.2) is 22.7 Å². The second kappa shape index (κ2) is 7.49. The van der Waals surface area contributed by atoms with Gasteiger partial charge in [-0.3, -0.25) is 9.78 Å². The highest BCUT2D eigenvalue weighted by molar-refractivity contribution is 8.00. The van der Waals surface area contributed by atoms with E-state index in [-0.39, 0.29) is 11.2 Å². The molecule has 2 aromatic carbocycles. The summed E-state index contributed by atoms with van der Waals surface area (Å²) in [5.41, 5.74) is 1.90. The van der Waals surface area contributed by atoms with Gasteiger partial charge in [0, 0.05) is 28.7 Å². The van der Waals surface area contributed by atoms with E-state index in [0.29, 0.717) is 6.54 Å². The molecule has 0 aliphatic heterocycles. The summed E-state index contributed by atoms with van der Waals surface area (Å²) in [7, 11) is 0. The van der Waals surface area contributed by atoms with E-state index in [2.05, 4.69) is 11.1 Å². The Bertz CT molecular complexity index is 830. The molecule has 0 radical (unpaired) electrons. The van der Waals surface area contributed by atoms with Gasteiger partial charge in [0.25, 0.3) is 0 Å². The third-order valence-electron chi connectivity index (χ3n) is 3.91. The van der Waals surface area contributed by atoms with Crippen molar-refractivity contribution in [2.75, 3.05) is 11.4 Å². The lowest BCUT2D eigenvalue weighted by molar-refractivity contribution is -0.117. The molecule has 3 aromatic rings. The topological polar surface area (TPSA) is 33.2 Å². The van der Waals surface area contributed by atoms with Crippen molar-refractivity contribution in [3.63, 3.8) is 0 Å². The van der Waals surface area contributed by atoms with E-state index in [1.54, 1.807) is 18.0 Å². The van der Waals surface area contributed by atoms with Gasteiger partial charge in [-0.1, -0.05) is 36.4 Å². The molecule has 3 nitrogen and oxygen atoms in total. The second-order valence-electron chi connectivity index (χ2n) is 5.50. The van der Waals surface area contributed by atoms with Crippen molar-refractivity contribution in [1.82, 2.24) is 4.98 Å². The van der Waals surface area contributed by atoms with E-state index >= 15 is 0 Å². The van der Waals surface area contributed by atoms with Crippen LogP contribution in [0.25, 0.3) is 10.9 Å². The third kappa shape index (κ3) is 3.44. The fourth-order valence-corrected chi connectivity index (χ4v) is 3.75. The first-order chi connectivity index (χ1) is 11.7. The summed E-state index contributed by atoms with van der Waals surface area (Å²) < 4.78 is 0. The Morgan fingerprint density at radius 2 is 1.79 bits per heavy atom. The Hall–Kier alpha value is -2.33. The zero-order valence-electron chi connectivity index (χ0n) is 13.8. The minimum Gasteiger partial charge on any atom is -0.312 e. The number of carbonyl (C=O) groups excluding carboxylic acids is 1. The lowest BCUT2D eigenvalue weighted by Crippen LogP contribution is -2.36. The number of para-hydroxylation sites is 2. The average Bonchev–Trinajstić information content (AvgIpc) is 2.63. The van der Waals surface area contributed by atoms with Crippen LogP contribution in [0.3, 0.4) is 0 Å². The summed E-state index contributed by atoms with van der Waals surface area (Å²) in [4.78, 5) is 20.2. The Morgan fingerprint density at radius 3 is 2.54 bits per heavy atom. The van der Waals surface area contributed by atoms with Crippen molar-refractivity contribution >= 4 is 34.3 Å². The number of pyridine rings is 1. The lowest BCUT2D eigenvalue weighted by atomic mass is 10.2. The fraction of sp³-hybridized carbons (Fsp3) is 0.200. The van der Waals surface area contributed by atoms with Crippen LogP contribution < -0.4 is 4.90 Å². The normalized spacial score (nSPS) is 12.1. The molecule has 0 aliphatic carbocycles. The Morgan fingerprint density at radius 1 is 1.08 bits per heavy atom. The molecule has 0 saturated heterocycles. The van der Waals surface area contributed by atoms with Crippen molar-refractivity contribution < 1.29 is 4.79 Å². The number of benzene rings is 2. The first-order valence-corrected chi connectivity index (χ1v) is 8.95. The average molecular weight is 336 g/mol. The van der Waals surface area contributed by atoms with Gasteiger partial charge in [-0.25, -0.2) is 0 Å². The van der Waals surface area contributed by atoms with Gasteiger partial charge in [-0.2, -0.15) is 0 Å². The van der Waals surface area contributed by atoms with Crippen molar-refractivity contribution in [3.8, 4) is 0 Å². The van der Waals surface area contributed by atoms with Crippen LogP contribution in [0, 0.1) is 0 Å². The first kappa shape index (κ1) is 16.5. The molecule has 0 fully saturated rings. The van der Waals surface area contributed by atoms with E-state index in [0.717, 1.165) is 21.5 Å². The molecule has 0 aliphatic rings. The van der Waals surface area contributed by atoms with E-state index in [4.69, 9.17) is 0 Å². The number of rotatable bonds is 5. The molecule has 1 heterocycles. The highest BCUT2D eigenvalue weighted by Gasteiger charge is 2.22. The Labute approximate surface area is 146 Å². The summed E-state index contributed by atoms with van der Waals surface area (Å²) in [5, 5.41) is 0.920. The van der Waals surface area contributed by atoms with Crippen LogP contribution in [0.2, 0.25) is 0 Å². The summed E-state index contributed by atoms with van der Waals surface area (Å²) in [5.74, 6) is 0.120. The van der Waals surface area contributed by atoms with Crippen LogP contribution in [0.5, 0.6) is 0 Å². The highest BCUT2D eigenvalue weighted by Crippen LogP contribution is 2.31. The van der Waals surface area contributed by atoms with Crippen LogP contribution >= 0.6 is 11.8 Å². The second-order valence-corrected chi connectivity index (χ2v) is 6.89. The van der Waals surface area contributed by atoms with Crippen LogP contribution in [0.4, 0.5) is 5.69 Å². The largest absolute Gasteiger partial charge is 0.312 e. The third-order valence-corrected chi connectivity index (χ3v) is 5.08. The number of anilines is 1. The van der Waals surface area contributed by atoms with Gasteiger partial charge >= 0.3 is 0 Å². The summed E-state index contributed by atoms with van der Waals surface area (Å²) >= 11 is 1.59. The monoisotopic (exact) mass is 336 g/mol. The lowest BCUT2D eigenvalue weighted by Gasteiger charge is -2.24. The molecule has 1 aromatic heterocycles. The fourth-order valence-electron chi connectivity index (χ4n) is 2.71. The molecule has 0 N–H and O–H groups in total. The summed E-state index contributed by atoms with van der Waals surface area (Å²) in [6.45, 7) is 4.63. The van der Waals surface area contributed by atoms with E-state index < -0.39 is 0 Å². The minimum absolute atomic E-state index is 0.120. The smallest absolute Gasteiger partial charge is 0.240 e. The highest BCUT2D eigenvalue weighted by atomic mass is 32.2. The number of fused-ring (bicyclic) bond motifs is 1. The summed E-state index contributed by atoms with van der Waals surface area (Å²) in [6, 6.07) is 19.8. The van der Waals surface area contributed by atoms with Gasteiger partial charge in [-0.15, -0.1) is 11.8 Å². The molecule has 122 valence electrons. The van der Waals surface area contributed by atoms with Crippen LogP contribution in [0.1, 0.15) is 13.8 Å². The summed E-state index contributed by atoms with van der Waals surface area (Å²) in [6.07, 6.45) is 1.80. The van der Waals surface area contributed by atoms with E-state index in [1.165, 1.54) is 0 Å². The number of thioether (sulfide) groups is 1. The zero-order valence-corrected chi connectivity index (χ0v) is 14.7. The Balaban J connectivity index is 1.83. The van der Waals surface area contributed by atoms with Crippen LogP contribution in [0.15, 0.2) is 71.8 Å². The van der Waals surface area contributed by atoms with Gasteiger partial charge in [-0.05, 0) is 38.1 Å². The molecule has 3 rings (SSSR count). The molecule has 0 saturated carbocycles. The van der Waals surface area contributed by atoms with Crippen molar-refractivity contribution in [1.29, 1.82) is 0 Å². The maximum Gasteiger partial charge on any atom is 0.240 e. The van der Waals surface area contributed by atoms with Crippen molar-refractivity contribution in [2.24, 2.45) is 0 Å². The number of carbonyl (C=O) groups is 1. The van der Waals surface area contributed by atoms with Crippen LogP contribution in [-0.2, 0) is 4.79 Å². The molecule has 1 atom stereocenters. The van der Waals surface area contributed by atoms with E-state index in [9.17, 15) is 4.79 Å². The number of hydrogen-bond acceptors (Lipinski definition) is 3. The van der Waals surface area contributed by atoms with Gasteiger partial charge in [0.2, 0.25) is 5.91 Å². The molecular weight excluding hydrogens is 316 g/mol. The SMILES string of the molecule is CCN(C(=O)C(C)Sc1ccnc2ccccc12)c1ccccc1. The molecule has 4 heteroatoms. The van der Waals surface area contributed by atoms with Gasteiger partial charge < -0.3 is 4.90 Å². The number of amides is 1. The Kier molecular flexibility index (Phi) is 5.16. The molecule has 1 unspecified atom stereocenters. The number of hydrogen-bond donors (Lipinski definition) is 0. The molecule has 0 spiro atoms.